The molecule has 1 N–H and O–H groups in total. The first-order valence-corrected chi connectivity index (χ1v) is 6.59. The van der Waals surface area contributed by atoms with Crippen molar-refractivity contribution in [2.45, 2.75) is 38.9 Å². The number of hydrogen-bond donors (Lipinski definition) is 1. The number of aliphatic hydroxyl groups is 1. The standard InChI is InChI=1S/C14H22NO2/c1-2-12(11-15-8-4-3-5-9-15)13-7-6-10-17-14(13)16/h6-7,10,14,16H,2-5,8-9,11H2,1H3. The van der Waals surface area contributed by atoms with Crippen LogP contribution in [0.25, 0.3) is 0 Å². The van der Waals surface area contributed by atoms with Gasteiger partial charge in [-0.15, -0.1) is 0 Å². The van der Waals surface area contributed by atoms with E-state index in [2.05, 4.69) is 11.8 Å². The number of allylic oxidation sites excluding steroid dienone is 2. The highest BCUT2D eigenvalue weighted by atomic mass is 16.6. The van der Waals surface area contributed by atoms with Crippen LogP contribution in [0, 0.1) is 5.92 Å². The average Bonchev–Trinajstić information content (AvgIpc) is 2.38. The summed E-state index contributed by atoms with van der Waals surface area (Å²) in [5.74, 6) is 1.30. The first-order chi connectivity index (χ1) is 8.31. The van der Waals surface area contributed by atoms with Gasteiger partial charge in [0.15, 0.2) is 0 Å². The van der Waals surface area contributed by atoms with E-state index < -0.39 is 6.29 Å². The van der Waals surface area contributed by atoms with Crippen molar-refractivity contribution >= 4 is 0 Å². The van der Waals surface area contributed by atoms with Gasteiger partial charge < -0.3 is 14.7 Å². The van der Waals surface area contributed by atoms with Gasteiger partial charge in [-0.05, 0) is 38.4 Å². The monoisotopic (exact) mass is 236 g/mol. The molecule has 1 atom stereocenters. The molecule has 2 heterocycles. The van der Waals surface area contributed by atoms with Gasteiger partial charge in [-0.1, -0.05) is 19.4 Å². The average molecular weight is 236 g/mol. The molecule has 0 aromatic carbocycles. The molecule has 3 heteroatoms. The van der Waals surface area contributed by atoms with E-state index in [9.17, 15) is 5.11 Å². The van der Waals surface area contributed by atoms with Crippen LogP contribution in [-0.4, -0.2) is 35.9 Å². The van der Waals surface area contributed by atoms with Crippen LogP contribution in [-0.2, 0) is 4.74 Å². The number of piperidine rings is 1. The molecule has 95 valence electrons. The minimum atomic E-state index is -0.778. The number of ether oxygens (including phenoxy) is 1. The molecule has 0 bridgehead atoms. The largest absolute Gasteiger partial charge is 0.469 e. The van der Waals surface area contributed by atoms with Crippen LogP contribution in [0.5, 0.6) is 0 Å². The Kier molecular flexibility index (Phi) is 4.63. The molecule has 2 rings (SSSR count). The molecular weight excluding hydrogens is 214 g/mol. The molecule has 17 heavy (non-hydrogen) atoms. The third kappa shape index (κ3) is 3.33. The van der Waals surface area contributed by atoms with Crippen LogP contribution in [0.15, 0.2) is 24.0 Å². The maximum absolute atomic E-state index is 9.82. The lowest BCUT2D eigenvalue weighted by Crippen LogP contribution is -2.35. The zero-order valence-corrected chi connectivity index (χ0v) is 10.6. The lowest BCUT2D eigenvalue weighted by atomic mass is 9.93. The molecule has 0 spiro atoms. The van der Waals surface area contributed by atoms with Crippen LogP contribution in [0.1, 0.15) is 32.6 Å². The van der Waals surface area contributed by atoms with Gasteiger partial charge in [-0.3, -0.25) is 0 Å². The third-order valence-electron chi connectivity index (χ3n) is 3.53. The quantitative estimate of drug-likeness (QED) is 0.812. The van der Waals surface area contributed by atoms with Crippen molar-refractivity contribution in [3.05, 3.63) is 29.9 Å². The number of hydrogen-bond acceptors (Lipinski definition) is 3. The van der Waals surface area contributed by atoms with Crippen molar-refractivity contribution in [3.8, 4) is 0 Å². The minimum Gasteiger partial charge on any atom is -0.469 e. The molecule has 0 amide bonds. The highest BCUT2D eigenvalue weighted by molar-refractivity contribution is 5.32. The van der Waals surface area contributed by atoms with E-state index in [4.69, 9.17) is 4.74 Å². The SMILES string of the molecule is CC[C](CN1CCCCC1)C1=CC=COC1O. The minimum absolute atomic E-state index is 0.778. The van der Waals surface area contributed by atoms with E-state index in [1.807, 2.05) is 12.2 Å². The highest BCUT2D eigenvalue weighted by Crippen LogP contribution is 2.26. The fourth-order valence-electron chi connectivity index (χ4n) is 2.51. The van der Waals surface area contributed by atoms with Crippen LogP contribution in [0.4, 0.5) is 0 Å². The van der Waals surface area contributed by atoms with E-state index >= 15 is 0 Å². The van der Waals surface area contributed by atoms with Gasteiger partial charge in [0.05, 0.1) is 6.26 Å². The second-order valence-corrected chi connectivity index (χ2v) is 4.73. The molecule has 1 fully saturated rings. The fraction of sp³-hybridized carbons (Fsp3) is 0.643. The maximum Gasteiger partial charge on any atom is 0.220 e. The van der Waals surface area contributed by atoms with E-state index in [1.54, 1.807) is 6.26 Å². The smallest absolute Gasteiger partial charge is 0.220 e. The number of nitrogens with zero attached hydrogens (tertiary/aromatic N) is 1. The summed E-state index contributed by atoms with van der Waals surface area (Å²) in [7, 11) is 0. The first kappa shape index (κ1) is 12.7. The van der Waals surface area contributed by atoms with Gasteiger partial charge in [-0.2, -0.15) is 0 Å². The Hall–Kier alpha value is -0.800. The zero-order valence-electron chi connectivity index (χ0n) is 10.6. The van der Waals surface area contributed by atoms with Crippen LogP contribution < -0.4 is 0 Å². The molecule has 3 nitrogen and oxygen atoms in total. The van der Waals surface area contributed by atoms with Crippen LogP contribution in [0.2, 0.25) is 0 Å². The van der Waals surface area contributed by atoms with Crippen molar-refractivity contribution in [2.75, 3.05) is 19.6 Å². The van der Waals surface area contributed by atoms with Gasteiger partial charge in [0.1, 0.15) is 0 Å². The molecule has 1 radical (unpaired) electrons. The van der Waals surface area contributed by atoms with Gasteiger partial charge in [0.25, 0.3) is 0 Å². The van der Waals surface area contributed by atoms with Gasteiger partial charge >= 0.3 is 0 Å². The van der Waals surface area contributed by atoms with Crippen LogP contribution in [0.3, 0.4) is 0 Å². The molecule has 2 aliphatic heterocycles. The molecule has 0 saturated carbocycles. The Balaban J connectivity index is 1.95. The van der Waals surface area contributed by atoms with Crippen molar-refractivity contribution in [1.29, 1.82) is 0 Å². The molecule has 2 aliphatic rings. The summed E-state index contributed by atoms with van der Waals surface area (Å²) in [5, 5.41) is 9.82. The van der Waals surface area contributed by atoms with Crippen molar-refractivity contribution in [3.63, 3.8) is 0 Å². The predicted molar refractivity (Wildman–Crippen MR) is 68.1 cm³/mol. The number of aliphatic hydroxyl groups excluding tert-OH is 1. The van der Waals surface area contributed by atoms with E-state index in [0.29, 0.717) is 0 Å². The molecular formula is C14H22NO2. The summed E-state index contributed by atoms with van der Waals surface area (Å²) in [6, 6.07) is 0. The first-order valence-electron chi connectivity index (χ1n) is 6.59. The van der Waals surface area contributed by atoms with Gasteiger partial charge in [0.2, 0.25) is 6.29 Å². The maximum atomic E-state index is 9.82. The molecule has 0 aromatic rings. The van der Waals surface area contributed by atoms with E-state index in [0.717, 1.165) is 18.5 Å². The topological polar surface area (TPSA) is 32.7 Å². The third-order valence-corrected chi connectivity index (χ3v) is 3.53. The summed E-state index contributed by atoms with van der Waals surface area (Å²) < 4.78 is 5.13. The highest BCUT2D eigenvalue weighted by Gasteiger charge is 2.24. The predicted octanol–water partition coefficient (Wildman–Crippen LogP) is 2.25. The van der Waals surface area contributed by atoms with E-state index in [1.165, 1.54) is 38.3 Å². The summed E-state index contributed by atoms with van der Waals surface area (Å²) in [6.07, 6.45) is 9.52. The van der Waals surface area contributed by atoms with Crippen molar-refractivity contribution in [1.82, 2.24) is 4.90 Å². The number of likely N-dealkylation sites (tertiary alicyclic amines) is 1. The molecule has 1 saturated heterocycles. The Morgan fingerprint density at radius 1 is 1.41 bits per heavy atom. The summed E-state index contributed by atoms with van der Waals surface area (Å²) in [4.78, 5) is 2.48. The van der Waals surface area contributed by atoms with Crippen LogP contribution >= 0.6 is 0 Å². The number of rotatable bonds is 4. The fourth-order valence-corrected chi connectivity index (χ4v) is 2.51. The Labute approximate surface area is 104 Å². The Morgan fingerprint density at radius 2 is 2.18 bits per heavy atom. The lowest BCUT2D eigenvalue weighted by molar-refractivity contribution is -0.0243. The van der Waals surface area contributed by atoms with Crippen molar-refractivity contribution < 1.29 is 9.84 Å². The molecule has 0 aliphatic carbocycles. The lowest BCUT2D eigenvalue weighted by Gasteiger charge is -2.32. The summed E-state index contributed by atoms with van der Waals surface area (Å²) >= 11 is 0. The van der Waals surface area contributed by atoms with Gasteiger partial charge in [-0.25, -0.2) is 0 Å². The zero-order chi connectivity index (χ0) is 12.1. The van der Waals surface area contributed by atoms with E-state index in [-0.39, 0.29) is 0 Å². The molecule has 0 aromatic heterocycles. The Morgan fingerprint density at radius 3 is 2.82 bits per heavy atom. The summed E-state index contributed by atoms with van der Waals surface area (Å²) in [5.41, 5.74) is 0.945. The summed E-state index contributed by atoms with van der Waals surface area (Å²) in [6.45, 7) is 5.48. The second kappa shape index (κ2) is 6.22. The van der Waals surface area contributed by atoms with Gasteiger partial charge in [0, 0.05) is 18.0 Å². The molecule has 1 unspecified atom stereocenters. The van der Waals surface area contributed by atoms with Crippen molar-refractivity contribution in [2.24, 2.45) is 0 Å². The normalized spacial score (nSPS) is 25.8. The second-order valence-electron chi connectivity index (χ2n) is 4.73. The Bertz CT molecular complexity index is 293.